The summed E-state index contributed by atoms with van der Waals surface area (Å²) in [5.74, 6) is -0.990. The summed E-state index contributed by atoms with van der Waals surface area (Å²) < 4.78 is 41.7. The van der Waals surface area contributed by atoms with E-state index in [0.29, 0.717) is 11.5 Å². The van der Waals surface area contributed by atoms with Crippen LogP contribution < -0.4 is 10.6 Å². The van der Waals surface area contributed by atoms with Gasteiger partial charge in [-0.1, -0.05) is 19.1 Å². The van der Waals surface area contributed by atoms with Gasteiger partial charge in [-0.25, -0.2) is 9.97 Å². The first kappa shape index (κ1) is 18.4. The van der Waals surface area contributed by atoms with Crippen molar-refractivity contribution < 1.29 is 13.2 Å². The van der Waals surface area contributed by atoms with Crippen molar-refractivity contribution in [1.29, 1.82) is 0 Å². The Kier molecular flexibility index (Phi) is 4.10. The molecule has 1 saturated carbocycles. The molecule has 0 spiro atoms. The normalized spacial score (nSPS) is 23.4. The zero-order chi connectivity index (χ0) is 20.2. The van der Waals surface area contributed by atoms with Crippen LogP contribution in [-0.4, -0.2) is 39.7 Å². The van der Waals surface area contributed by atoms with Gasteiger partial charge in [-0.3, -0.25) is 4.40 Å². The summed E-state index contributed by atoms with van der Waals surface area (Å²) in [6, 6.07) is 8.75. The zero-order valence-corrected chi connectivity index (χ0v) is 16.0. The molecule has 3 aromatic rings. The molecule has 2 atom stereocenters. The van der Waals surface area contributed by atoms with E-state index in [2.05, 4.69) is 39.8 Å². The molecule has 2 N–H and O–H groups in total. The first-order valence-corrected chi connectivity index (χ1v) is 9.82. The number of alkyl halides is 3. The van der Waals surface area contributed by atoms with E-state index in [1.165, 1.54) is 18.4 Å². The molecule has 0 aromatic carbocycles. The number of fused-ring (bicyclic) bond motifs is 1. The largest absolute Gasteiger partial charge is 0.395 e. The molecular weight excluding hydrogens is 379 g/mol. The molecule has 8 heteroatoms. The average Bonchev–Trinajstić information content (AvgIpc) is 3.09. The first-order chi connectivity index (χ1) is 13.8. The Morgan fingerprint density at radius 3 is 2.76 bits per heavy atom. The summed E-state index contributed by atoms with van der Waals surface area (Å²) in [7, 11) is 0. The van der Waals surface area contributed by atoms with E-state index in [-0.39, 0.29) is 18.5 Å². The fourth-order valence-corrected chi connectivity index (χ4v) is 4.03. The van der Waals surface area contributed by atoms with Gasteiger partial charge in [0.15, 0.2) is 0 Å². The molecule has 2 fully saturated rings. The zero-order valence-electron chi connectivity index (χ0n) is 16.0. The minimum absolute atomic E-state index is 0.0737. The lowest BCUT2D eigenvalue weighted by atomic mass is 10.0. The highest BCUT2D eigenvalue weighted by Gasteiger charge is 2.47. The van der Waals surface area contributed by atoms with E-state index in [1.807, 2.05) is 16.5 Å². The van der Waals surface area contributed by atoms with Gasteiger partial charge in [0.1, 0.15) is 11.5 Å². The molecule has 4 heterocycles. The minimum atomic E-state index is -4.24. The van der Waals surface area contributed by atoms with E-state index >= 15 is 0 Å². The molecule has 5 rings (SSSR count). The number of anilines is 1. The number of hydrogen-bond acceptors (Lipinski definition) is 4. The molecular formula is C21H22F3N5. The first-order valence-electron chi connectivity index (χ1n) is 9.82. The minimum Gasteiger partial charge on any atom is -0.365 e. The molecule has 29 heavy (non-hydrogen) atoms. The highest BCUT2D eigenvalue weighted by Crippen LogP contribution is 2.47. The Labute approximate surface area is 166 Å². The molecule has 0 unspecified atom stereocenters. The van der Waals surface area contributed by atoms with Crippen LogP contribution in [0.3, 0.4) is 0 Å². The van der Waals surface area contributed by atoms with Gasteiger partial charge in [0.2, 0.25) is 0 Å². The van der Waals surface area contributed by atoms with Crippen molar-refractivity contribution in [3.63, 3.8) is 0 Å². The maximum Gasteiger partial charge on any atom is 0.395 e. The Bertz CT molecular complexity index is 1050. The van der Waals surface area contributed by atoms with E-state index in [1.54, 1.807) is 18.3 Å². The van der Waals surface area contributed by atoms with Crippen LogP contribution in [0.5, 0.6) is 0 Å². The number of hydrogen-bond donors (Lipinski definition) is 2. The maximum atomic E-state index is 13.2. The Morgan fingerprint density at radius 1 is 1.17 bits per heavy atom. The molecule has 1 aliphatic carbocycles. The lowest BCUT2D eigenvalue weighted by Crippen LogP contribution is -2.38. The third-order valence-corrected chi connectivity index (χ3v) is 6.18. The Balaban J connectivity index is 1.46. The maximum absolute atomic E-state index is 13.2. The number of rotatable bonds is 4. The van der Waals surface area contributed by atoms with Crippen LogP contribution in [0.1, 0.15) is 25.3 Å². The van der Waals surface area contributed by atoms with Gasteiger partial charge in [-0.15, -0.1) is 0 Å². The van der Waals surface area contributed by atoms with E-state index in [0.717, 1.165) is 11.3 Å². The van der Waals surface area contributed by atoms with Gasteiger partial charge < -0.3 is 10.6 Å². The van der Waals surface area contributed by atoms with Gasteiger partial charge in [0.05, 0.1) is 29.5 Å². The van der Waals surface area contributed by atoms with E-state index < -0.39 is 18.1 Å². The fourth-order valence-electron chi connectivity index (χ4n) is 4.03. The van der Waals surface area contributed by atoms with E-state index in [9.17, 15) is 13.2 Å². The lowest BCUT2D eigenvalue weighted by Gasteiger charge is -2.22. The smallest absolute Gasteiger partial charge is 0.365 e. The molecule has 2 aliphatic rings. The number of nitrogens with zero attached hydrogens (tertiary/aromatic N) is 3. The van der Waals surface area contributed by atoms with Crippen molar-refractivity contribution in [2.24, 2.45) is 5.92 Å². The summed E-state index contributed by atoms with van der Waals surface area (Å²) in [5, 5.41) is 5.79. The third-order valence-electron chi connectivity index (χ3n) is 6.18. The van der Waals surface area contributed by atoms with Crippen molar-refractivity contribution in [3.05, 3.63) is 48.3 Å². The third kappa shape index (κ3) is 3.35. The topological polar surface area (TPSA) is 54.2 Å². The van der Waals surface area contributed by atoms with Crippen LogP contribution in [0, 0.1) is 5.92 Å². The van der Waals surface area contributed by atoms with E-state index in [4.69, 9.17) is 0 Å². The number of imidazole rings is 1. The summed E-state index contributed by atoms with van der Waals surface area (Å²) in [4.78, 5) is 9.05. The molecule has 3 aromatic heterocycles. The van der Waals surface area contributed by atoms with Crippen LogP contribution >= 0.6 is 0 Å². The SMILES string of the molecule is CC1(c2ccc3ncc(-c4cccc(N[C@H]5CNC[C@@H]5C(F)(F)F)n4)n3c2)CC1. The summed E-state index contributed by atoms with van der Waals surface area (Å²) >= 11 is 0. The molecule has 1 aliphatic heterocycles. The molecule has 1 saturated heterocycles. The van der Waals surface area contributed by atoms with Gasteiger partial charge in [0, 0.05) is 19.3 Å². The predicted octanol–water partition coefficient (Wildman–Crippen LogP) is 4.01. The van der Waals surface area contributed by atoms with Crippen LogP contribution in [0.15, 0.2) is 42.7 Å². The van der Waals surface area contributed by atoms with Crippen molar-refractivity contribution in [3.8, 4) is 11.4 Å². The molecule has 0 bridgehead atoms. The summed E-state index contributed by atoms with van der Waals surface area (Å²) in [6.45, 7) is 2.43. The number of aromatic nitrogens is 3. The quantitative estimate of drug-likeness (QED) is 0.694. The molecule has 0 radical (unpaired) electrons. The van der Waals surface area contributed by atoms with Crippen LogP contribution in [0.2, 0.25) is 0 Å². The molecule has 152 valence electrons. The van der Waals surface area contributed by atoms with Crippen LogP contribution in [-0.2, 0) is 5.41 Å². The van der Waals surface area contributed by atoms with Crippen molar-refractivity contribution in [2.45, 2.75) is 37.4 Å². The average molecular weight is 401 g/mol. The number of pyridine rings is 2. The van der Waals surface area contributed by atoms with Gasteiger partial charge in [-0.2, -0.15) is 13.2 Å². The molecule has 5 nitrogen and oxygen atoms in total. The standard InChI is InChI=1S/C21H22F3N5/c1-20(7-8-20)13-5-6-19-26-11-17(29(19)12-13)15-3-2-4-18(27-15)28-16-10-25-9-14(16)21(22,23)24/h2-6,11-12,14,16,25H,7-10H2,1H3,(H,27,28)/t14-,16-/m0/s1. The number of halogens is 3. The monoisotopic (exact) mass is 401 g/mol. The predicted molar refractivity (Wildman–Crippen MR) is 105 cm³/mol. The summed E-state index contributed by atoms with van der Waals surface area (Å²) in [6.07, 6.45) is 1.98. The Morgan fingerprint density at radius 2 is 2.00 bits per heavy atom. The number of nitrogens with one attached hydrogen (secondary N) is 2. The second-order valence-electron chi connectivity index (χ2n) is 8.32. The highest BCUT2D eigenvalue weighted by atomic mass is 19.4. The van der Waals surface area contributed by atoms with Crippen molar-refractivity contribution in [2.75, 3.05) is 18.4 Å². The van der Waals surface area contributed by atoms with Gasteiger partial charge in [-0.05, 0) is 42.0 Å². The second-order valence-corrected chi connectivity index (χ2v) is 8.32. The molecule has 0 amide bonds. The summed E-state index contributed by atoms with van der Waals surface area (Å²) in [5.41, 5.74) is 3.82. The highest BCUT2D eigenvalue weighted by molar-refractivity contribution is 5.62. The van der Waals surface area contributed by atoms with Crippen molar-refractivity contribution in [1.82, 2.24) is 19.7 Å². The fraction of sp³-hybridized carbons (Fsp3) is 0.429. The van der Waals surface area contributed by atoms with Crippen LogP contribution in [0.4, 0.5) is 19.0 Å². The lowest BCUT2D eigenvalue weighted by molar-refractivity contribution is -0.170. The van der Waals surface area contributed by atoms with Gasteiger partial charge in [0.25, 0.3) is 0 Å². The second kappa shape index (κ2) is 6.45. The van der Waals surface area contributed by atoms with Gasteiger partial charge >= 0.3 is 6.18 Å². The van der Waals surface area contributed by atoms with Crippen molar-refractivity contribution >= 4 is 11.5 Å². The Hall–Kier alpha value is -2.61. The van der Waals surface area contributed by atoms with Crippen LogP contribution in [0.25, 0.3) is 17.0 Å².